The van der Waals surface area contributed by atoms with Gasteiger partial charge in [0.25, 0.3) is 5.91 Å². The molecule has 2 aromatic carbocycles. The SMILES string of the molecule is Cc1cccc(N2C(=O)CS[C@@]23C(=O)Nc2ccccc23)c1. The highest BCUT2D eigenvalue weighted by atomic mass is 32.2. The van der Waals surface area contributed by atoms with E-state index in [2.05, 4.69) is 5.32 Å². The number of carbonyl (C=O) groups excluding carboxylic acids is 2. The van der Waals surface area contributed by atoms with E-state index in [0.717, 1.165) is 22.5 Å². The summed E-state index contributed by atoms with van der Waals surface area (Å²) in [6, 6.07) is 15.3. The van der Waals surface area contributed by atoms with Crippen molar-refractivity contribution < 1.29 is 9.59 Å². The van der Waals surface area contributed by atoms with Crippen LogP contribution < -0.4 is 10.2 Å². The summed E-state index contributed by atoms with van der Waals surface area (Å²) in [6.45, 7) is 1.98. The van der Waals surface area contributed by atoms with Crippen molar-refractivity contribution in [3.05, 3.63) is 59.7 Å². The number of aryl methyl sites for hydroxylation is 1. The summed E-state index contributed by atoms with van der Waals surface area (Å²) < 4.78 is 0. The summed E-state index contributed by atoms with van der Waals surface area (Å²) >= 11 is 1.38. The van der Waals surface area contributed by atoms with Crippen LogP contribution in [0.15, 0.2) is 48.5 Å². The summed E-state index contributed by atoms with van der Waals surface area (Å²) in [6.07, 6.45) is 0. The van der Waals surface area contributed by atoms with E-state index in [-0.39, 0.29) is 11.8 Å². The van der Waals surface area contributed by atoms with Crippen molar-refractivity contribution in [1.82, 2.24) is 0 Å². The van der Waals surface area contributed by atoms with Gasteiger partial charge in [0.1, 0.15) is 0 Å². The van der Waals surface area contributed by atoms with E-state index in [4.69, 9.17) is 0 Å². The molecule has 1 N–H and O–H groups in total. The van der Waals surface area contributed by atoms with E-state index in [0.29, 0.717) is 5.75 Å². The number of para-hydroxylation sites is 1. The van der Waals surface area contributed by atoms with Gasteiger partial charge in [-0.1, -0.05) is 30.3 Å². The molecule has 4 nitrogen and oxygen atoms in total. The van der Waals surface area contributed by atoms with Crippen LogP contribution in [-0.2, 0) is 14.5 Å². The highest BCUT2D eigenvalue weighted by Gasteiger charge is 2.58. The van der Waals surface area contributed by atoms with Gasteiger partial charge in [-0.05, 0) is 30.7 Å². The largest absolute Gasteiger partial charge is 0.323 e. The maximum Gasteiger partial charge on any atom is 0.266 e. The third kappa shape index (κ3) is 1.66. The second kappa shape index (κ2) is 4.61. The molecular weight excluding hydrogens is 296 g/mol. The van der Waals surface area contributed by atoms with Crippen molar-refractivity contribution in [2.24, 2.45) is 0 Å². The molecule has 22 heavy (non-hydrogen) atoms. The first-order chi connectivity index (χ1) is 10.6. The normalized spacial score (nSPS) is 23.0. The molecule has 1 fully saturated rings. The van der Waals surface area contributed by atoms with Crippen LogP contribution in [0.4, 0.5) is 11.4 Å². The van der Waals surface area contributed by atoms with Crippen LogP contribution in [-0.4, -0.2) is 17.6 Å². The number of hydrogen-bond acceptors (Lipinski definition) is 3. The molecule has 0 aromatic heterocycles. The van der Waals surface area contributed by atoms with Crippen molar-refractivity contribution in [3.8, 4) is 0 Å². The van der Waals surface area contributed by atoms with Crippen LogP contribution in [0.25, 0.3) is 0 Å². The zero-order valence-electron chi connectivity index (χ0n) is 12.0. The molecule has 2 aliphatic rings. The van der Waals surface area contributed by atoms with Gasteiger partial charge in [-0.15, -0.1) is 11.8 Å². The molecule has 0 unspecified atom stereocenters. The Morgan fingerprint density at radius 1 is 1.14 bits per heavy atom. The van der Waals surface area contributed by atoms with Gasteiger partial charge in [-0.3, -0.25) is 14.5 Å². The number of rotatable bonds is 1. The van der Waals surface area contributed by atoms with Crippen LogP contribution in [0.2, 0.25) is 0 Å². The predicted octanol–water partition coefficient (Wildman–Crippen LogP) is 2.88. The topological polar surface area (TPSA) is 49.4 Å². The molecule has 2 aliphatic heterocycles. The fourth-order valence-corrected chi connectivity index (χ4v) is 4.46. The van der Waals surface area contributed by atoms with Gasteiger partial charge in [0.15, 0.2) is 0 Å². The lowest BCUT2D eigenvalue weighted by Crippen LogP contribution is -2.47. The molecule has 110 valence electrons. The van der Waals surface area contributed by atoms with E-state index >= 15 is 0 Å². The van der Waals surface area contributed by atoms with Crippen LogP contribution in [0.3, 0.4) is 0 Å². The first kappa shape index (κ1) is 13.4. The van der Waals surface area contributed by atoms with Crippen LogP contribution in [0.1, 0.15) is 11.1 Å². The van der Waals surface area contributed by atoms with E-state index in [9.17, 15) is 9.59 Å². The van der Waals surface area contributed by atoms with Crippen molar-refractivity contribution in [2.45, 2.75) is 11.8 Å². The number of thioether (sulfide) groups is 1. The number of hydrogen-bond donors (Lipinski definition) is 1. The Hall–Kier alpha value is -2.27. The first-order valence-electron chi connectivity index (χ1n) is 7.07. The number of fused-ring (bicyclic) bond motifs is 2. The Morgan fingerprint density at radius 3 is 2.77 bits per heavy atom. The predicted molar refractivity (Wildman–Crippen MR) is 87.9 cm³/mol. The summed E-state index contributed by atoms with van der Waals surface area (Å²) in [4.78, 5) is 25.9. The Labute approximate surface area is 132 Å². The van der Waals surface area contributed by atoms with Crippen molar-refractivity contribution in [3.63, 3.8) is 0 Å². The molecule has 0 bridgehead atoms. The van der Waals surface area contributed by atoms with Gasteiger partial charge in [0.05, 0.1) is 5.75 Å². The summed E-state index contributed by atoms with van der Waals surface area (Å²) in [5, 5.41) is 2.91. The van der Waals surface area contributed by atoms with E-state index in [1.54, 1.807) is 4.90 Å². The number of anilines is 2. The average molecular weight is 310 g/mol. The quantitative estimate of drug-likeness (QED) is 0.881. The van der Waals surface area contributed by atoms with E-state index < -0.39 is 4.87 Å². The van der Waals surface area contributed by atoms with Gasteiger partial charge in [0, 0.05) is 16.9 Å². The molecule has 1 atom stereocenters. The van der Waals surface area contributed by atoms with Crippen molar-refractivity contribution in [1.29, 1.82) is 0 Å². The average Bonchev–Trinajstić information content (AvgIpc) is 2.99. The minimum atomic E-state index is -0.985. The molecule has 0 saturated carbocycles. The van der Waals surface area contributed by atoms with Gasteiger partial charge >= 0.3 is 0 Å². The minimum Gasteiger partial charge on any atom is -0.323 e. The van der Waals surface area contributed by atoms with E-state index in [1.165, 1.54) is 11.8 Å². The molecular formula is C17H14N2O2S. The minimum absolute atomic E-state index is 0.0394. The summed E-state index contributed by atoms with van der Waals surface area (Å²) in [7, 11) is 0. The number of benzene rings is 2. The number of nitrogens with zero attached hydrogens (tertiary/aromatic N) is 1. The van der Waals surface area contributed by atoms with Gasteiger partial charge in [-0.25, -0.2) is 0 Å². The molecule has 2 amide bonds. The maximum atomic E-state index is 12.7. The molecule has 4 rings (SSSR count). The van der Waals surface area contributed by atoms with Crippen LogP contribution in [0.5, 0.6) is 0 Å². The lowest BCUT2D eigenvalue weighted by atomic mass is 10.0. The lowest BCUT2D eigenvalue weighted by molar-refractivity contribution is -0.122. The fraction of sp³-hybridized carbons (Fsp3) is 0.176. The Morgan fingerprint density at radius 2 is 1.95 bits per heavy atom. The maximum absolute atomic E-state index is 12.7. The number of amides is 2. The second-order valence-electron chi connectivity index (χ2n) is 5.50. The molecule has 2 heterocycles. The van der Waals surface area contributed by atoms with Gasteiger partial charge < -0.3 is 5.32 Å². The van der Waals surface area contributed by atoms with Gasteiger partial charge in [-0.2, -0.15) is 0 Å². The van der Waals surface area contributed by atoms with Crippen molar-refractivity contribution in [2.75, 3.05) is 16.0 Å². The highest BCUT2D eigenvalue weighted by molar-refractivity contribution is 8.02. The lowest BCUT2D eigenvalue weighted by Gasteiger charge is -2.32. The molecule has 1 spiro atoms. The Kier molecular flexibility index (Phi) is 2.81. The van der Waals surface area contributed by atoms with Crippen molar-refractivity contribution >= 4 is 35.0 Å². The third-order valence-electron chi connectivity index (χ3n) is 4.08. The number of carbonyl (C=O) groups is 2. The number of nitrogens with one attached hydrogen (secondary N) is 1. The molecule has 2 aromatic rings. The summed E-state index contributed by atoms with van der Waals surface area (Å²) in [5.74, 6) is 0.115. The standard InChI is InChI=1S/C17H14N2O2S/c1-11-5-4-6-12(9-11)19-15(20)10-22-17(19)13-7-2-3-8-14(13)18-16(17)21/h2-9H,10H2,1H3,(H,18,21)/t17-/m0/s1. The molecule has 1 saturated heterocycles. The summed E-state index contributed by atoms with van der Waals surface area (Å²) in [5.41, 5.74) is 3.47. The Bertz CT molecular complexity index is 805. The van der Waals surface area contributed by atoms with E-state index in [1.807, 2.05) is 55.5 Å². The molecule has 0 radical (unpaired) electrons. The Balaban J connectivity index is 1.94. The van der Waals surface area contributed by atoms with Crippen LogP contribution in [0, 0.1) is 6.92 Å². The fourth-order valence-electron chi connectivity index (χ4n) is 3.15. The highest BCUT2D eigenvalue weighted by Crippen LogP contribution is 2.53. The monoisotopic (exact) mass is 310 g/mol. The van der Waals surface area contributed by atoms with Gasteiger partial charge in [0.2, 0.25) is 10.8 Å². The third-order valence-corrected chi connectivity index (χ3v) is 5.47. The first-order valence-corrected chi connectivity index (χ1v) is 8.06. The molecule has 0 aliphatic carbocycles. The zero-order chi connectivity index (χ0) is 15.3. The molecule has 5 heteroatoms. The smallest absolute Gasteiger partial charge is 0.266 e. The zero-order valence-corrected chi connectivity index (χ0v) is 12.8. The second-order valence-corrected chi connectivity index (χ2v) is 6.67. The van der Waals surface area contributed by atoms with Crippen LogP contribution >= 0.6 is 11.8 Å².